The Morgan fingerprint density at radius 1 is 1.36 bits per heavy atom. The van der Waals surface area contributed by atoms with Gasteiger partial charge in [-0.3, -0.25) is 4.90 Å². The summed E-state index contributed by atoms with van der Waals surface area (Å²) in [4.78, 5) is 13.7. The second-order valence-corrected chi connectivity index (χ2v) is 6.42. The van der Waals surface area contributed by atoms with Crippen molar-refractivity contribution in [2.45, 2.75) is 37.5 Å². The second-order valence-electron chi connectivity index (χ2n) is 6.42. The van der Waals surface area contributed by atoms with Crippen LogP contribution in [0.1, 0.15) is 24.1 Å². The van der Waals surface area contributed by atoms with Crippen molar-refractivity contribution in [3.63, 3.8) is 0 Å². The summed E-state index contributed by atoms with van der Waals surface area (Å²) in [6, 6.07) is 9.89. The molecule has 0 spiro atoms. The zero-order chi connectivity index (χ0) is 17.4. The van der Waals surface area contributed by atoms with Gasteiger partial charge in [0.1, 0.15) is 6.10 Å². The maximum Gasteiger partial charge on any atom is 0.414 e. The van der Waals surface area contributed by atoms with Crippen LogP contribution in [0.3, 0.4) is 0 Å². The van der Waals surface area contributed by atoms with Crippen LogP contribution in [-0.4, -0.2) is 38.8 Å². The Hall–Kier alpha value is -2.92. The summed E-state index contributed by atoms with van der Waals surface area (Å²) in [5, 5.41) is 26.2. The second kappa shape index (κ2) is 5.86. The van der Waals surface area contributed by atoms with E-state index in [-0.39, 0.29) is 18.1 Å². The molecule has 1 aromatic heterocycles. The lowest BCUT2D eigenvalue weighted by Gasteiger charge is -2.14. The number of aliphatic hydroxyl groups is 1. The largest absolute Gasteiger partial charge is 0.442 e. The summed E-state index contributed by atoms with van der Waals surface area (Å²) < 4.78 is 6.93. The minimum Gasteiger partial charge on any atom is -0.442 e. The molecule has 1 aliphatic heterocycles. The predicted octanol–water partition coefficient (Wildman–Crippen LogP) is 1.35. The summed E-state index contributed by atoms with van der Waals surface area (Å²) in [6.07, 6.45) is 2.48. The number of anilines is 1. The molecule has 0 unspecified atom stereocenters. The summed E-state index contributed by atoms with van der Waals surface area (Å²) in [7, 11) is 0. The highest BCUT2D eigenvalue weighted by molar-refractivity contribution is 5.89. The van der Waals surface area contributed by atoms with Crippen molar-refractivity contribution < 1.29 is 14.6 Å². The first-order valence-corrected chi connectivity index (χ1v) is 8.13. The van der Waals surface area contributed by atoms with E-state index in [4.69, 9.17) is 4.74 Å². The third kappa shape index (κ3) is 2.72. The van der Waals surface area contributed by atoms with Crippen LogP contribution in [0.4, 0.5) is 10.5 Å². The topological polar surface area (TPSA) is 104 Å². The number of aliphatic hydroxyl groups excluding tert-OH is 1. The van der Waals surface area contributed by atoms with E-state index in [0.29, 0.717) is 18.8 Å². The molecule has 1 saturated carbocycles. The first-order chi connectivity index (χ1) is 12.1. The molecule has 1 aliphatic carbocycles. The molecule has 0 radical (unpaired) electrons. The van der Waals surface area contributed by atoms with Gasteiger partial charge >= 0.3 is 6.09 Å². The smallest absolute Gasteiger partial charge is 0.414 e. The SMILES string of the molecule is N#CC1(c2ccc(N3C[C@H](Cn4nncc4CO)OC3=O)cc2)CC1. The minimum atomic E-state index is -0.412. The number of nitrogens with zero attached hydrogens (tertiary/aromatic N) is 5. The number of carbonyl (C=O) groups excluding carboxylic acids is 1. The lowest BCUT2D eigenvalue weighted by Crippen LogP contribution is -2.26. The number of hydrogen-bond acceptors (Lipinski definition) is 6. The summed E-state index contributed by atoms with van der Waals surface area (Å²) in [6.45, 7) is 0.569. The highest BCUT2D eigenvalue weighted by Crippen LogP contribution is 2.47. The Morgan fingerprint density at radius 3 is 2.76 bits per heavy atom. The molecule has 2 heterocycles. The quantitative estimate of drug-likeness (QED) is 0.882. The van der Waals surface area contributed by atoms with Gasteiger partial charge in [0.2, 0.25) is 0 Å². The molecule has 4 rings (SSSR count). The third-order valence-electron chi connectivity index (χ3n) is 4.81. The highest BCUT2D eigenvalue weighted by Gasteiger charge is 2.45. The van der Waals surface area contributed by atoms with Crippen molar-refractivity contribution in [3.05, 3.63) is 41.7 Å². The average molecular weight is 339 g/mol. The van der Waals surface area contributed by atoms with Crippen LogP contribution in [0.25, 0.3) is 0 Å². The van der Waals surface area contributed by atoms with Crippen molar-refractivity contribution in [2.75, 3.05) is 11.4 Å². The molecular weight excluding hydrogens is 322 g/mol. The molecule has 1 atom stereocenters. The molecule has 1 saturated heterocycles. The molecule has 8 nitrogen and oxygen atoms in total. The first kappa shape index (κ1) is 15.6. The standard InChI is InChI=1S/C17H17N5O3/c18-11-17(5-6-17)12-1-3-13(4-2-12)21-8-15(25-16(21)24)9-22-14(10-23)7-19-20-22/h1-4,7,15,23H,5-6,8-10H2/t15-/m1/s1. The van der Waals surface area contributed by atoms with Gasteiger partial charge in [0.05, 0.1) is 43.1 Å². The van der Waals surface area contributed by atoms with Gasteiger partial charge in [-0.1, -0.05) is 17.3 Å². The number of carbonyl (C=O) groups is 1. The molecule has 25 heavy (non-hydrogen) atoms. The van der Waals surface area contributed by atoms with Gasteiger partial charge < -0.3 is 9.84 Å². The lowest BCUT2D eigenvalue weighted by atomic mass is 9.97. The zero-order valence-corrected chi connectivity index (χ0v) is 13.5. The highest BCUT2D eigenvalue weighted by atomic mass is 16.6. The summed E-state index contributed by atoms with van der Waals surface area (Å²) in [5.41, 5.74) is 1.98. The molecule has 128 valence electrons. The first-order valence-electron chi connectivity index (χ1n) is 8.13. The molecule has 2 aromatic rings. The number of benzene rings is 1. The Kier molecular flexibility index (Phi) is 3.66. The summed E-state index contributed by atoms with van der Waals surface area (Å²) >= 11 is 0. The average Bonchev–Trinajstić information content (AvgIpc) is 3.17. The van der Waals surface area contributed by atoms with Crippen LogP contribution in [0.15, 0.2) is 30.5 Å². The fourth-order valence-corrected chi connectivity index (χ4v) is 3.13. The number of ether oxygens (including phenoxy) is 1. The van der Waals surface area contributed by atoms with Gasteiger partial charge in [0, 0.05) is 5.69 Å². The van der Waals surface area contributed by atoms with E-state index < -0.39 is 6.09 Å². The van der Waals surface area contributed by atoms with Crippen molar-refractivity contribution in [1.29, 1.82) is 5.26 Å². The predicted molar refractivity (Wildman–Crippen MR) is 86.5 cm³/mol. The van der Waals surface area contributed by atoms with Crippen LogP contribution in [-0.2, 0) is 23.3 Å². The van der Waals surface area contributed by atoms with Gasteiger partial charge in [-0.15, -0.1) is 5.10 Å². The van der Waals surface area contributed by atoms with Gasteiger partial charge in [0.25, 0.3) is 0 Å². The molecule has 8 heteroatoms. The molecule has 2 aliphatic rings. The Labute approximate surface area is 144 Å². The van der Waals surface area contributed by atoms with Crippen molar-refractivity contribution in [1.82, 2.24) is 15.0 Å². The van der Waals surface area contributed by atoms with E-state index in [1.165, 1.54) is 10.9 Å². The van der Waals surface area contributed by atoms with Crippen molar-refractivity contribution >= 4 is 11.8 Å². The molecule has 1 N–H and O–H groups in total. The molecule has 0 bridgehead atoms. The zero-order valence-electron chi connectivity index (χ0n) is 13.5. The number of amides is 1. The molecular formula is C17H17N5O3. The minimum absolute atomic E-state index is 0.167. The number of rotatable bonds is 5. The van der Waals surface area contributed by atoms with Crippen LogP contribution in [0, 0.1) is 11.3 Å². The van der Waals surface area contributed by atoms with Crippen LogP contribution < -0.4 is 4.90 Å². The van der Waals surface area contributed by atoms with Gasteiger partial charge in [0.15, 0.2) is 0 Å². The number of nitriles is 1. The maximum absolute atomic E-state index is 12.2. The van der Waals surface area contributed by atoms with Gasteiger partial charge in [-0.05, 0) is 30.5 Å². The van der Waals surface area contributed by atoms with Gasteiger partial charge in [-0.2, -0.15) is 5.26 Å². The summed E-state index contributed by atoms with van der Waals surface area (Å²) in [5.74, 6) is 0. The van der Waals surface area contributed by atoms with Gasteiger partial charge in [-0.25, -0.2) is 9.48 Å². The lowest BCUT2D eigenvalue weighted by molar-refractivity contribution is 0.127. The van der Waals surface area contributed by atoms with Crippen molar-refractivity contribution in [3.8, 4) is 6.07 Å². The fraction of sp³-hybridized carbons (Fsp3) is 0.412. The van der Waals surface area contributed by atoms with E-state index in [0.717, 1.165) is 24.1 Å². The molecule has 1 aromatic carbocycles. The van der Waals surface area contributed by atoms with E-state index >= 15 is 0 Å². The monoisotopic (exact) mass is 339 g/mol. The van der Waals surface area contributed by atoms with E-state index in [1.807, 2.05) is 24.3 Å². The van der Waals surface area contributed by atoms with Crippen LogP contribution in [0.5, 0.6) is 0 Å². The maximum atomic E-state index is 12.2. The van der Waals surface area contributed by atoms with Crippen LogP contribution in [0.2, 0.25) is 0 Å². The number of hydrogen-bond donors (Lipinski definition) is 1. The van der Waals surface area contributed by atoms with Crippen molar-refractivity contribution in [2.24, 2.45) is 0 Å². The fourth-order valence-electron chi connectivity index (χ4n) is 3.13. The van der Waals surface area contributed by atoms with E-state index in [9.17, 15) is 15.2 Å². The Balaban J connectivity index is 1.46. The van der Waals surface area contributed by atoms with E-state index in [1.54, 1.807) is 4.90 Å². The molecule has 2 fully saturated rings. The number of aromatic nitrogens is 3. The third-order valence-corrected chi connectivity index (χ3v) is 4.81. The Bertz CT molecular complexity index is 835. The Morgan fingerprint density at radius 2 is 2.12 bits per heavy atom. The van der Waals surface area contributed by atoms with E-state index in [2.05, 4.69) is 16.4 Å². The van der Waals surface area contributed by atoms with Crippen LogP contribution >= 0.6 is 0 Å². The molecule has 1 amide bonds. The number of cyclic esters (lactones) is 1. The normalized spacial score (nSPS) is 21.0.